The number of nitrogens with two attached hydrogens (primary N) is 1. The van der Waals surface area contributed by atoms with E-state index in [9.17, 15) is 14.4 Å². The first-order valence-electron chi connectivity index (χ1n) is 7.95. The Morgan fingerprint density at radius 3 is 2.52 bits per heavy atom. The number of hydrogen-bond donors (Lipinski definition) is 3. The van der Waals surface area contributed by atoms with Gasteiger partial charge in [0.2, 0.25) is 17.7 Å². The van der Waals surface area contributed by atoms with Gasteiger partial charge in [-0.15, -0.1) is 12.4 Å². The number of nitrogens with zero attached hydrogens (tertiary/aromatic N) is 1. The molecule has 0 aromatic rings. The van der Waals surface area contributed by atoms with Gasteiger partial charge in [0, 0.05) is 25.6 Å². The van der Waals surface area contributed by atoms with Crippen molar-refractivity contribution in [3.05, 3.63) is 0 Å². The summed E-state index contributed by atoms with van der Waals surface area (Å²) in [6.07, 6.45) is 2.16. The van der Waals surface area contributed by atoms with Crippen LogP contribution in [0.3, 0.4) is 0 Å². The molecule has 1 heterocycles. The van der Waals surface area contributed by atoms with Crippen LogP contribution in [0, 0.1) is 5.92 Å². The minimum absolute atomic E-state index is 0. The third kappa shape index (κ3) is 7.18. The molecule has 0 aromatic heterocycles. The molecule has 1 rings (SSSR count). The first-order valence-corrected chi connectivity index (χ1v) is 7.95. The van der Waals surface area contributed by atoms with Gasteiger partial charge >= 0.3 is 0 Å². The lowest BCUT2D eigenvalue weighted by Crippen LogP contribution is -2.53. The van der Waals surface area contributed by atoms with E-state index in [2.05, 4.69) is 10.6 Å². The number of carbonyl (C=O) groups is 3. The molecular formula is C15H29ClN4O3. The molecule has 1 unspecified atom stereocenters. The molecule has 0 aliphatic carbocycles. The van der Waals surface area contributed by atoms with Crippen LogP contribution in [0.5, 0.6) is 0 Å². The van der Waals surface area contributed by atoms with Gasteiger partial charge in [-0.2, -0.15) is 0 Å². The molecule has 0 radical (unpaired) electrons. The third-order valence-electron chi connectivity index (χ3n) is 3.90. The molecule has 0 bridgehead atoms. The van der Waals surface area contributed by atoms with Crippen molar-refractivity contribution in [2.45, 2.75) is 52.1 Å². The number of piperidine rings is 1. The van der Waals surface area contributed by atoms with Crippen LogP contribution in [0.25, 0.3) is 0 Å². The van der Waals surface area contributed by atoms with Crippen LogP contribution in [0.15, 0.2) is 0 Å². The molecule has 23 heavy (non-hydrogen) atoms. The summed E-state index contributed by atoms with van der Waals surface area (Å²) in [6.45, 7) is 6.62. The van der Waals surface area contributed by atoms with Gasteiger partial charge < -0.3 is 21.3 Å². The molecule has 134 valence electrons. The molecule has 8 heteroatoms. The number of nitrogens with one attached hydrogen (secondary N) is 2. The molecule has 4 N–H and O–H groups in total. The second-order valence-electron chi connectivity index (χ2n) is 6.09. The minimum atomic E-state index is -0.606. The van der Waals surface area contributed by atoms with Crippen LogP contribution in [0.2, 0.25) is 0 Å². The van der Waals surface area contributed by atoms with Crippen molar-refractivity contribution in [2.75, 3.05) is 19.6 Å². The summed E-state index contributed by atoms with van der Waals surface area (Å²) in [5, 5.41) is 5.50. The Morgan fingerprint density at radius 2 is 1.96 bits per heavy atom. The first-order chi connectivity index (χ1) is 10.3. The number of amides is 3. The fourth-order valence-electron chi connectivity index (χ4n) is 2.35. The molecular weight excluding hydrogens is 320 g/mol. The van der Waals surface area contributed by atoms with Gasteiger partial charge in [-0.1, -0.05) is 20.8 Å². The summed E-state index contributed by atoms with van der Waals surface area (Å²) in [5.41, 5.74) is 5.73. The Kier molecular flexibility index (Phi) is 9.83. The number of likely N-dealkylation sites (tertiary alicyclic amines) is 1. The molecule has 2 atom stereocenters. The predicted octanol–water partition coefficient (Wildman–Crippen LogP) is 0.0249. The van der Waals surface area contributed by atoms with Crippen molar-refractivity contribution in [3.8, 4) is 0 Å². The van der Waals surface area contributed by atoms with Gasteiger partial charge in [-0.05, 0) is 18.8 Å². The fourth-order valence-corrected chi connectivity index (χ4v) is 2.35. The van der Waals surface area contributed by atoms with Crippen molar-refractivity contribution in [1.29, 1.82) is 0 Å². The summed E-state index contributed by atoms with van der Waals surface area (Å²) in [5.74, 6) is -0.426. The van der Waals surface area contributed by atoms with Gasteiger partial charge in [0.1, 0.15) is 0 Å². The van der Waals surface area contributed by atoms with Crippen LogP contribution in [0.4, 0.5) is 0 Å². The second kappa shape index (κ2) is 10.4. The van der Waals surface area contributed by atoms with E-state index >= 15 is 0 Å². The SMILES string of the molecule is CCC(=O)NC1CCCN(C(=O)CNC(=O)[C@@H](N)C(C)C)C1.Cl. The zero-order valence-corrected chi connectivity index (χ0v) is 14.9. The van der Waals surface area contributed by atoms with E-state index in [1.165, 1.54) is 0 Å². The largest absolute Gasteiger partial charge is 0.352 e. The molecule has 7 nitrogen and oxygen atoms in total. The highest BCUT2D eigenvalue weighted by Gasteiger charge is 2.25. The smallest absolute Gasteiger partial charge is 0.242 e. The standard InChI is InChI=1S/C15H28N4O3.ClH/c1-4-12(20)18-11-6-5-7-19(9-11)13(21)8-17-15(22)14(16)10(2)3;/h10-11,14H,4-9,16H2,1-3H3,(H,17,22)(H,18,20);1H/t11?,14-;/m0./s1. The van der Waals surface area contributed by atoms with Crippen LogP contribution in [-0.2, 0) is 14.4 Å². The molecule has 1 aliphatic heterocycles. The topological polar surface area (TPSA) is 105 Å². The molecule has 0 saturated carbocycles. The summed E-state index contributed by atoms with van der Waals surface area (Å²) in [7, 11) is 0. The van der Waals surface area contributed by atoms with Gasteiger partial charge in [-0.3, -0.25) is 14.4 Å². The second-order valence-corrected chi connectivity index (χ2v) is 6.09. The van der Waals surface area contributed by atoms with Crippen LogP contribution < -0.4 is 16.4 Å². The molecule has 3 amide bonds. The third-order valence-corrected chi connectivity index (χ3v) is 3.90. The first kappa shape index (κ1) is 21.7. The molecule has 0 aromatic carbocycles. The van der Waals surface area contributed by atoms with Crippen LogP contribution >= 0.6 is 12.4 Å². The highest BCUT2D eigenvalue weighted by atomic mass is 35.5. The van der Waals surface area contributed by atoms with E-state index in [0.717, 1.165) is 12.8 Å². The van der Waals surface area contributed by atoms with Gasteiger partial charge in [0.15, 0.2) is 0 Å². The molecule has 1 saturated heterocycles. The Morgan fingerprint density at radius 1 is 1.30 bits per heavy atom. The highest BCUT2D eigenvalue weighted by Crippen LogP contribution is 2.10. The Labute approximate surface area is 144 Å². The van der Waals surface area contributed by atoms with Crippen LogP contribution in [0.1, 0.15) is 40.0 Å². The highest BCUT2D eigenvalue weighted by molar-refractivity contribution is 5.87. The number of hydrogen-bond acceptors (Lipinski definition) is 4. The normalized spacial score (nSPS) is 18.8. The van der Waals surface area contributed by atoms with Crippen molar-refractivity contribution in [2.24, 2.45) is 11.7 Å². The van der Waals surface area contributed by atoms with E-state index in [0.29, 0.717) is 19.5 Å². The average Bonchev–Trinajstić information content (AvgIpc) is 2.51. The summed E-state index contributed by atoms with van der Waals surface area (Å²) in [4.78, 5) is 37.0. The lowest BCUT2D eigenvalue weighted by Gasteiger charge is -2.33. The maximum Gasteiger partial charge on any atom is 0.242 e. The van der Waals surface area contributed by atoms with E-state index < -0.39 is 6.04 Å². The lowest BCUT2D eigenvalue weighted by molar-refractivity contribution is -0.135. The monoisotopic (exact) mass is 348 g/mol. The van der Waals surface area contributed by atoms with Crippen molar-refractivity contribution < 1.29 is 14.4 Å². The molecule has 0 spiro atoms. The van der Waals surface area contributed by atoms with Crippen molar-refractivity contribution in [3.63, 3.8) is 0 Å². The van der Waals surface area contributed by atoms with Gasteiger partial charge in [0.25, 0.3) is 0 Å². The zero-order valence-electron chi connectivity index (χ0n) is 14.1. The van der Waals surface area contributed by atoms with Gasteiger partial charge in [-0.25, -0.2) is 0 Å². The Bertz CT molecular complexity index is 418. The number of carbonyl (C=O) groups excluding carboxylic acids is 3. The predicted molar refractivity (Wildman–Crippen MR) is 91.1 cm³/mol. The summed E-state index contributed by atoms with van der Waals surface area (Å²) >= 11 is 0. The maximum absolute atomic E-state index is 12.2. The fraction of sp³-hybridized carbons (Fsp3) is 0.800. The number of halogens is 1. The van der Waals surface area contributed by atoms with E-state index in [-0.39, 0.29) is 48.6 Å². The van der Waals surface area contributed by atoms with E-state index in [4.69, 9.17) is 5.73 Å². The van der Waals surface area contributed by atoms with Crippen molar-refractivity contribution in [1.82, 2.24) is 15.5 Å². The van der Waals surface area contributed by atoms with E-state index in [1.54, 1.807) is 11.8 Å². The Hall–Kier alpha value is -1.34. The van der Waals surface area contributed by atoms with Gasteiger partial charge in [0.05, 0.1) is 12.6 Å². The maximum atomic E-state index is 12.2. The summed E-state index contributed by atoms with van der Waals surface area (Å²) < 4.78 is 0. The average molecular weight is 349 g/mol. The summed E-state index contributed by atoms with van der Waals surface area (Å²) in [6, 6.07) is -0.607. The van der Waals surface area contributed by atoms with E-state index in [1.807, 2.05) is 13.8 Å². The lowest BCUT2D eigenvalue weighted by atomic mass is 10.0. The quantitative estimate of drug-likeness (QED) is 0.629. The molecule has 1 fully saturated rings. The zero-order chi connectivity index (χ0) is 16.7. The Balaban J connectivity index is 0.00000484. The van der Waals surface area contributed by atoms with Crippen LogP contribution in [-0.4, -0.2) is 54.3 Å². The molecule has 1 aliphatic rings. The van der Waals surface area contributed by atoms with Crippen molar-refractivity contribution >= 4 is 30.1 Å². The number of rotatable bonds is 6. The minimum Gasteiger partial charge on any atom is -0.352 e.